The van der Waals surface area contributed by atoms with E-state index in [0.717, 1.165) is 34.6 Å². The average Bonchev–Trinajstić information content (AvgIpc) is 2.80. The minimum absolute atomic E-state index is 0.0220. The molecule has 32 heavy (non-hydrogen) atoms. The molecule has 4 bridgehead atoms. The Hall–Kier alpha value is -2.40. The van der Waals surface area contributed by atoms with Crippen molar-refractivity contribution in [2.45, 2.75) is 63.6 Å². The van der Waals surface area contributed by atoms with Crippen molar-refractivity contribution in [1.29, 1.82) is 0 Å². The first kappa shape index (κ1) is 21.4. The summed E-state index contributed by atoms with van der Waals surface area (Å²) in [6.45, 7) is 3.11. The molecule has 1 aromatic carbocycles. The van der Waals surface area contributed by atoms with Crippen molar-refractivity contribution >= 4 is 5.91 Å². The Morgan fingerprint density at radius 1 is 1.16 bits per heavy atom. The van der Waals surface area contributed by atoms with Crippen LogP contribution in [0.2, 0.25) is 0 Å². The summed E-state index contributed by atoms with van der Waals surface area (Å²) in [5.41, 5.74) is 2.27. The predicted molar refractivity (Wildman–Crippen MR) is 125 cm³/mol. The number of amides is 1. The van der Waals surface area contributed by atoms with Crippen molar-refractivity contribution in [3.05, 3.63) is 59.9 Å². The zero-order valence-corrected chi connectivity index (χ0v) is 19.3. The lowest BCUT2D eigenvalue weighted by Gasteiger charge is -2.60. The highest BCUT2D eigenvalue weighted by atomic mass is 16.5. The lowest BCUT2D eigenvalue weighted by Crippen LogP contribution is -2.62. The molecule has 0 saturated heterocycles. The molecule has 1 N–H and O–H groups in total. The molecular weight excluding hydrogens is 398 g/mol. The molecule has 6 rings (SSSR count). The Morgan fingerprint density at radius 3 is 2.50 bits per heavy atom. The lowest BCUT2D eigenvalue weighted by atomic mass is 9.52. The van der Waals surface area contributed by atoms with Crippen LogP contribution in [0.1, 0.15) is 62.6 Å². The Kier molecular flexibility index (Phi) is 5.93. The Labute approximate surface area is 191 Å². The number of aromatic nitrogens is 1. The monoisotopic (exact) mass is 433 g/mol. The molecule has 1 heterocycles. The van der Waals surface area contributed by atoms with Crippen molar-refractivity contribution in [3.8, 4) is 5.75 Å². The topological polar surface area (TPSA) is 54.5 Å². The van der Waals surface area contributed by atoms with Crippen LogP contribution in [0.5, 0.6) is 5.75 Å². The highest BCUT2D eigenvalue weighted by molar-refractivity contribution is 5.79. The van der Waals surface area contributed by atoms with Gasteiger partial charge in [-0.3, -0.25) is 9.78 Å². The van der Waals surface area contributed by atoms with Gasteiger partial charge in [0, 0.05) is 30.5 Å². The van der Waals surface area contributed by atoms with Crippen molar-refractivity contribution in [1.82, 2.24) is 15.2 Å². The van der Waals surface area contributed by atoms with Gasteiger partial charge in [0.1, 0.15) is 5.75 Å². The summed E-state index contributed by atoms with van der Waals surface area (Å²) in [7, 11) is 1.70. The maximum absolute atomic E-state index is 13.8. The maximum Gasteiger partial charge on any atom is 0.237 e. The standard InChI is InChI=1S/C27H35N3O2/c1-19(24-6-4-8-28-16-24)29-17-26(31)30(18-20-5-3-7-25(12-20)32-2)27-13-21-9-22(14-27)11-23(10-21)15-27/h3-8,12,16,19,21-23,29H,9-11,13-15,17-18H2,1-2H3. The summed E-state index contributed by atoms with van der Waals surface area (Å²) in [5.74, 6) is 3.45. The zero-order valence-electron chi connectivity index (χ0n) is 19.3. The SMILES string of the molecule is COc1cccc(CN(C(=O)CNC(C)c2cccnc2)C23CC4CC(CC(C4)C2)C3)c1. The van der Waals surface area contributed by atoms with Crippen LogP contribution < -0.4 is 10.1 Å². The van der Waals surface area contributed by atoms with Gasteiger partial charge in [-0.15, -0.1) is 0 Å². The first-order valence-corrected chi connectivity index (χ1v) is 12.1. The molecule has 5 heteroatoms. The molecule has 1 unspecified atom stereocenters. The number of nitrogens with one attached hydrogen (secondary N) is 1. The smallest absolute Gasteiger partial charge is 0.237 e. The Morgan fingerprint density at radius 2 is 1.88 bits per heavy atom. The van der Waals surface area contributed by atoms with Crippen LogP contribution in [0.4, 0.5) is 0 Å². The molecular formula is C27H35N3O2. The number of carbonyl (C=O) groups excluding carboxylic acids is 1. The maximum atomic E-state index is 13.8. The second-order valence-corrected chi connectivity index (χ2v) is 10.4. The predicted octanol–water partition coefficient (Wildman–Crippen LogP) is 4.74. The van der Waals surface area contributed by atoms with Gasteiger partial charge in [0.15, 0.2) is 0 Å². The summed E-state index contributed by atoms with van der Waals surface area (Å²) in [6, 6.07) is 12.3. The van der Waals surface area contributed by atoms with E-state index >= 15 is 0 Å². The summed E-state index contributed by atoms with van der Waals surface area (Å²) < 4.78 is 5.45. The third-order valence-electron chi connectivity index (χ3n) is 8.10. The summed E-state index contributed by atoms with van der Waals surface area (Å²) in [6.07, 6.45) is 11.3. The second kappa shape index (κ2) is 8.86. The normalized spacial score (nSPS) is 29.0. The van der Waals surface area contributed by atoms with E-state index in [9.17, 15) is 4.79 Å². The van der Waals surface area contributed by atoms with Gasteiger partial charge in [-0.25, -0.2) is 0 Å². The minimum atomic E-state index is 0.0220. The van der Waals surface area contributed by atoms with Gasteiger partial charge in [0.05, 0.1) is 13.7 Å². The summed E-state index contributed by atoms with van der Waals surface area (Å²) >= 11 is 0. The van der Waals surface area contributed by atoms with Gasteiger partial charge in [0.2, 0.25) is 5.91 Å². The first-order valence-electron chi connectivity index (χ1n) is 12.1. The van der Waals surface area contributed by atoms with E-state index < -0.39 is 0 Å². The number of rotatable bonds is 8. The Balaban J connectivity index is 1.37. The van der Waals surface area contributed by atoms with E-state index in [4.69, 9.17) is 4.74 Å². The fourth-order valence-corrected chi connectivity index (χ4v) is 6.96. The minimum Gasteiger partial charge on any atom is -0.497 e. The number of ether oxygens (including phenoxy) is 1. The number of hydrogen-bond donors (Lipinski definition) is 1. The van der Waals surface area contributed by atoms with Gasteiger partial charge in [0.25, 0.3) is 0 Å². The second-order valence-electron chi connectivity index (χ2n) is 10.4. The van der Waals surface area contributed by atoms with Gasteiger partial charge < -0.3 is 15.0 Å². The molecule has 4 saturated carbocycles. The van der Waals surface area contributed by atoms with Crippen LogP contribution >= 0.6 is 0 Å². The van der Waals surface area contributed by atoms with Crippen LogP contribution in [-0.4, -0.2) is 35.0 Å². The zero-order chi connectivity index (χ0) is 22.1. The number of carbonyl (C=O) groups is 1. The molecule has 0 spiro atoms. The molecule has 1 atom stereocenters. The van der Waals surface area contributed by atoms with Crippen LogP contribution in [-0.2, 0) is 11.3 Å². The van der Waals surface area contributed by atoms with Crippen LogP contribution in [0.15, 0.2) is 48.8 Å². The number of benzene rings is 1. The fourth-order valence-electron chi connectivity index (χ4n) is 6.96. The van der Waals surface area contributed by atoms with Gasteiger partial charge >= 0.3 is 0 Å². The van der Waals surface area contributed by atoms with E-state index in [2.05, 4.69) is 40.3 Å². The first-order chi connectivity index (χ1) is 15.5. The molecule has 0 radical (unpaired) electrons. The molecule has 2 aromatic rings. The van der Waals surface area contributed by atoms with E-state index in [1.54, 1.807) is 13.3 Å². The van der Waals surface area contributed by atoms with Gasteiger partial charge in [-0.1, -0.05) is 18.2 Å². The highest BCUT2D eigenvalue weighted by Gasteiger charge is 2.54. The van der Waals surface area contributed by atoms with Crippen LogP contribution in [0.3, 0.4) is 0 Å². The van der Waals surface area contributed by atoms with Crippen molar-refractivity contribution < 1.29 is 9.53 Å². The number of pyridine rings is 1. The van der Waals surface area contributed by atoms with Crippen LogP contribution in [0.25, 0.3) is 0 Å². The van der Waals surface area contributed by atoms with Crippen LogP contribution in [0, 0.1) is 17.8 Å². The fraction of sp³-hybridized carbons (Fsp3) is 0.556. The van der Waals surface area contributed by atoms with E-state index in [0.29, 0.717) is 13.1 Å². The van der Waals surface area contributed by atoms with Gasteiger partial charge in [-0.05, 0) is 92.5 Å². The lowest BCUT2D eigenvalue weighted by molar-refractivity contribution is -0.151. The summed E-state index contributed by atoms with van der Waals surface area (Å²) in [5, 5.41) is 3.46. The third-order valence-corrected chi connectivity index (χ3v) is 8.10. The van der Waals surface area contributed by atoms with Crippen molar-refractivity contribution in [2.75, 3.05) is 13.7 Å². The number of hydrogen-bond acceptors (Lipinski definition) is 4. The molecule has 4 fully saturated rings. The number of methoxy groups -OCH3 is 1. The molecule has 0 aliphatic heterocycles. The number of nitrogens with zero attached hydrogens (tertiary/aromatic N) is 2. The molecule has 170 valence electrons. The quantitative estimate of drug-likeness (QED) is 0.653. The van der Waals surface area contributed by atoms with E-state index in [1.807, 2.05) is 24.4 Å². The third kappa shape index (κ3) is 4.27. The molecule has 5 nitrogen and oxygen atoms in total. The largest absolute Gasteiger partial charge is 0.497 e. The van der Waals surface area contributed by atoms with Gasteiger partial charge in [-0.2, -0.15) is 0 Å². The molecule has 4 aliphatic rings. The average molecular weight is 434 g/mol. The van der Waals surface area contributed by atoms with E-state index in [1.165, 1.54) is 38.5 Å². The molecule has 1 aromatic heterocycles. The highest BCUT2D eigenvalue weighted by Crippen LogP contribution is 2.58. The van der Waals surface area contributed by atoms with Crippen molar-refractivity contribution in [2.24, 2.45) is 17.8 Å². The van der Waals surface area contributed by atoms with E-state index in [-0.39, 0.29) is 17.5 Å². The Bertz CT molecular complexity index is 910. The molecule has 1 amide bonds. The summed E-state index contributed by atoms with van der Waals surface area (Å²) in [4.78, 5) is 20.2. The molecule has 4 aliphatic carbocycles. The van der Waals surface area contributed by atoms with Crippen molar-refractivity contribution in [3.63, 3.8) is 0 Å².